The molecule has 2 aromatic rings. The minimum atomic E-state index is 0.660. The summed E-state index contributed by atoms with van der Waals surface area (Å²) in [6, 6.07) is 7.39. The molecule has 2 rings (SSSR count). The van der Waals surface area contributed by atoms with Crippen molar-refractivity contribution in [1.82, 2.24) is 9.78 Å². The lowest BCUT2D eigenvalue weighted by atomic mass is 10.3. The van der Waals surface area contributed by atoms with Crippen LogP contribution in [0.4, 0.5) is 5.69 Å². The Morgan fingerprint density at radius 3 is 2.71 bits per heavy atom. The maximum absolute atomic E-state index is 6.06. The molecule has 3 nitrogen and oxygen atoms in total. The quantitative estimate of drug-likeness (QED) is 0.922. The van der Waals surface area contributed by atoms with E-state index in [2.05, 4.69) is 10.4 Å². The van der Waals surface area contributed by atoms with Gasteiger partial charge in [-0.25, -0.2) is 0 Å². The highest BCUT2D eigenvalue weighted by Gasteiger charge is 2.04. The molecule has 90 valence electrons. The molecule has 0 unspecified atom stereocenters. The minimum Gasteiger partial charge on any atom is -0.378 e. The van der Waals surface area contributed by atoms with Crippen molar-refractivity contribution in [3.8, 4) is 0 Å². The van der Waals surface area contributed by atoms with E-state index >= 15 is 0 Å². The number of nitrogens with one attached hydrogen (secondary N) is 1. The summed E-state index contributed by atoms with van der Waals surface area (Å²) in [4.78, 5) is 0. The molecule has 1 aromatic heterocycles. The van der Waals surface area contributed by atoms with Crippen LogP contribution in [0.2, 0.25) is 10.0 Å². The second-order valence-electron chi connectivity index (χ2n) is 3.88. The molecule has 5 heteroatoms. The number of hydrogen-bond acceptors (Lipinski definition) is 2. The molecule has 0 aliphatic heterocycles. The van der Waals surface area contributed by atoms with E-state index in [9.17, 15) is 0 Å². The van der Waals surface area contributed by atoms with Gasteiger partial charge in [-0.05, 0) is 31.2 Å². The molecule has 0 saturated carbocycles. The summed E-state index contributed by atoms with van der Waals surface area (Å²) in [5, 5.41) is 8.85. The van der Waals surface area contributed by atoms with E-state index < -0.39 is 0 Å². The van der Waals surface area contributed by atoms with Gasteiger partial charge in [-0.1, -0.05) is 23.2 Å². The van der Waals surface area contributed by atoms with Crippen LogP contribution in [-0.4, -0.2) is 9.78 Å². The first-order valence-corrected chi connectivity index (χ1v) is 6.00. The van der Waals surface area contributed by atoms with E-state index in [0.717, 1.165) is 17.1 Å². The topological polar surface area (TPSA) is 29.9 Å². The van der Waals surface area contributed by atoms with E-state index in [1.54, 1.807) is 12.1 Å². The Hall–Kier alpha value is -1.19. The molecular formula is C12H13Cl2N3. The van der Waals surface area contributed by atoms with Gasteiger partial charge in [0.25, 0.3) is 0 Å². The molecule has 1 N–H and O–H groups in total. The van der Waals surface area contributed by atoms with Crippen LogP contribution < -0.4 is 5.32 Å². The van der Waals surface area contributed by atoms with Gasteiger partial charge >= 0.3 is 0 Å². The van der Waals surface area contributed by atoms with Crippen LogP contribution in [-0.2, 0) is 13.6 Å². The standard InChI is InChI=1S/C12H13Cl2N3/c1-8-5-10(17(2)16-8)7-15-12-6-9(13)3-4-11(12)14/h3-6,15H,7H2,1-2H3. The van der Waals surface area contributed by atoms with Crippen LogP contribution in [0, 0.1) is 6.92 Å². The summed E-state index contributed by atoms with van der Waals surface area (Å²) in [6.07, 6.45) is 0. The maximum Gasteiger partial charge on any atom is 0.0638 e. The molecule has 0 fully saturated rings. The first kappa shape index (κ1) is 12.3. The summed E-state index contributed by atoms with van der Waals surface area (Å²) in [5.74, 6) is 0. The molecular weight excluding hydrogens is 257 g/mol. The summed E-state index contributed by atoms with van der Waals surface area (Å²) in [7, 11) is 1.92. The van der Waals surface area contributed by atoms with Gasteiger partial charge in [-0.2, -0.15) is 5.10 Å². The average molecular weight is 270 g/mol. The first-order chi connectivity index (χ1) is 8.06. The summed E-state index contributed by atoms with van der Waals surface area (Å²) in [6.45, 7) is 2.63. The van der Waals surface area contributed by atoms with Crippen LogP contribution >= 0.6 is 23.2 Å². The zero-order valence-electron chi connectivity index (χ0n) is 9.67. The Labute approximate surface area is 110 Å². The van der Waals surface area contributed by atoms with Crippen LogP contribution in [0.15, 0.2) is 24.3 Å². The summed E-state index contributed by atoms with van der Waals surface area (Å²) < 4.78 is 1.85. The molecule has 1 aromatic carbocycles. The molecule has 17 heavy (non-hydrogen) atoms. The van der Waals surface area contributed by atoms with Gasteiger partial charge < -0.3 is 5.32 Å². The molecule has 1 heterocycles. The third-order valence-corrected chi connectivity index (χ3v) is 3.05. The number of aromatic nitrogens is 2. The van der Waals surface area contributed by atoms with Crippen LogP contribution in [0.3, 0.4) is 0 Å². The number of benzene rings is 1. The van der Waals surface area contributed by atoms with Crippen LogP contribution in [0.25, 0.3) is 0 Å². The van der Waals surface area contributed by atoms with Crippen molar-refractivity contribution in [2.75, 3.05) is 5.32 Å². The Morgan fingerprint density at radius 2 is 2.06 bits per heavy atom. The van der Waals surface area contributed by atoms with Gasteiger partial charge in [0.1, 0.15) is 0 Å². The van der Waals surface area contributed by atoms with Crippen molar-refractivity contribution < 1.29 is 0 Å². The molecule has 0 aliphatic carbocycles. The second kappa shape index (κ2) is 4.98. The van der Waals surface area contributed by atoms with Crippen molar-refractivity contribution in [1.29, 1.82) is 0 Å². The monoisotopic (exact) mass is 269 g/mol. The van der Waals surface area contributed by atoms with E-state index in [-0.39, 0.29) is 0 Å². The van der Waals surface area contributed by atoms with E-state index in [1.807, 2.05) is 30.8 Å². The molecule has 0 radical (unpaired) electrons. The highest BCUT2D eigenvalue weighted by molar-refractivity contribution is 6.35. The Kier molecular flexibility index (Phi) is 3.60. The maximum atomic E-state index is 6.06. The van der Waals surface area contributed by atoms with Crippen molar-refractivity contribution in [3.63, 3.8) is 0 Å². The summed E-state index contributed by atoms with van der Waals surface area (Å²) >= 11 is 12.0. The highest BCUT2D eigenvalue weighted by atomic mass is 35.5. The fourth-order valence-electron chi connectivity index (χ4n) is 1.65. The van der Waals surface area contributed by atoms with E-state index in [4.69, 9.17) is 23.2 Å². The van der Waals surface area contributed by atoms with Gasteiger partial charge in [-0.3, -0.25) is 4.68 Å². The Bertz CT molecular complexity index is 535. The lowest BCUT2D eigenvalue weighted by Gasteiger charge is -2.08. The third kappa shape index (κ3) is 2.93. The molecule has 0 bridgehead atoms. The number of nitrogens with zero attached hydrogens (tertiary/aromatic N) is 2. The molecule has 0 aliphatic rings. The number of hydrogen-bond donors (Lipinski definition) is 1. The number of halogens is 2. The highest BCUT2D eigenvalue weighted by Crippen LogP contribution is 2.25. The Balaban J connectivity index is 2.12. The normalized spacial score (nSPS) is 10.6. The van der Waals surface area contributed by atoms with E-state index in [1.165, 1.54) is 0 Å². The molecule has 0 atom stereocenters. The van der Waals surface area contributed by atoms with Gasteiger partial charge in [0.05, 0.1) is 28.6 Å². The zero-order chi connectivity index (χ0) is 12.4. The Morgan fingerprint density at radius 1 is 1.29 bits per heavy atom. The lowest BCUT2D eigenvalue weighted by Crippen LogP contribution is -2.05. The number of anilines is 1. The minimum absolute atomic E-state index is 0.660. The van der Waals surface area contributed by atoms with Crippen LogP contribution in [0.5, 0.6) is 0 Å². The SMILES string of the molecule is Cc1cc(CNc2cc(Cl)ccc2Cl)n(C)n1. The number of aryl methyl sites for hydroxylation is 2. The van der Waals surface area contributed by atoms with Gasteiger partial charge in [0.15, 0.2) is 0 Å². The fraction of sp³-hybridized carbons (Fsp3) is 0.250. The molecule has 0 amide bonds. The molecule has 0 spiro atoms. The first-order valence-electron chi connectivity index (χ1n) is 5.24. The predicted octanol–water partition coefficient (Wildman–Crippen LogP) is 3.65. The van der Waals surface area contributed by atoms with Gasteiger partial charge in [0, 0.05) is 12.1 Å². The summed E-state index contributed by atoms with van der Waals surface area (Å²) in [5.41, 5.74) is 2.93. The third-order valence-electron chi connectivity index (χ3n) is 2.49. The average Bonchev–Trinajstić information content (AvgIpc) is 2.59. The van der Waals surface area contributed by atoms with Crippen molar-refractivity contribution in [2.24, 2.45) is 7.05 Å². The van der Waals surface area contributed by atoms with Crippen molar-refractivity contribution in [2.45, 2.75) is 13.5 Å². The molecule has 0 saturated heterocycles. The lowest BCUT2D eigenvalue weighted by molar-refractivity contribution is 0.713. The van der Waals surface area contributed by atoms with Gasteiger partial charge in [0.2, 0.25) is 0 Å². The fourth-order valence-corrected chi connectivity index (χ4v) is 2.00. The number of rotatable bonds is 3. The van der Waals surface area contributed by atoms with Gasteiger partial charge in [-0.15, -0.1) is 0 Å². The van der Waals surface area contributed by atoms with E-state index in [0.29, 0.717) is 16.6 Å². The largest absolute Gasteiger partial charge is 0.378 e. The smallest absolute Gasteiger partial charge is 0.0638 e. The van der Waals surface area contributed by atoms with Crippen molar-refractivity contribution in [3.05, 3.63) is 45.7 Å². The van der Waals surface area contributed by atoms with Crippen LogP contribution in [0.1, 0.15) is 11.4 Å². The second-order valence-corrected chi connectivity index (χ2v) is 4.72. The zero-order valence-corrected chi connectivity index (χ0v) is 11.2. The predicted molar refractivity (Wildman–Crippen MR) is 71.7 cm³/mol. The van der Waals surface area contributed by atoms with Crippen molar-refractivity contribution >= 4 is 28.9 Å².